The number of benzene rings is 1. The maximum Gasteiger partial charge on any atom is 0.160 e. The molecule has 1 rings (SSSR count). The summed E-state index contributed by atoms with van der Waals surface area (Å²) in [4.78, 5) is 0. The standard InChI is InChI=1S/C13H21NO3/c1-13(2,6-7-15)14-9-10-4-5-11(16)12(8-10)17-3/h4-5,8,14-16H,6-7,9H2,1-3H3. The zero-order valence-electron chi connectivity index (χ0n) is 10.7. The van der Waals surface area contributed by atoms with Crippen molar-refractivity contribution in [2.24, 2.45) is 0 Å². The molecular formula is C13H21NO3. The second-order valence-corrected chi connectivity index (χ2v) is 4.72. The van der Waals surface area contributed by atoms with E-state index in [1.807, 2.05) is 19.9 Å². The molecule has 0 atom stereocenters. The van der Waals surface area contributed by atoms with Crippen LogP contribution in [0.4, 0.5) is 0 Å². The lowest BCUT2D eigenvalue weighted by molar-refractivity contribution is 0.230. The molecule has 1 aromatic carbocycles. The lowest BCUT2D eigenvalue weighted by Crippen LogP contribution is -2.39. The van der Waals surface area contributed by atoms with E-state index in [-0.39, 0.29) is 17.9 Å². The van der Waals surface area contributed by atoms with Gasteiger partial charge in [0.15, 0.2) is 11.5 Å². The molecule has 0 aromatic heterocycles. The van der Waals surface area contributed by atoms with Crippen LogP contribution < -0.4 is 10.1 Å². The predicted molar refractivity (Wildman–Crippen MR) is 67.3 cm³/mol. The summed E-state index contributed by atoms with van der Waals surface area (Å²) in [6.07, 6.45) is 0.697. The van der Waals surface area contributed by atoms with E-state index < -0.39 is 0 Å². The van der Waals surface area contributed by atoms with Crippen LogP contribution in [0.2, 0.25) is 0 Å². The van der Waals surface area contributed by atoms with Gasteiger partial charge in [-0.25, -0.2) is 0 Å². The molecule has 1 aromatic rings. The minimum atomic E-state index is -0.111. The summed E-state index contributed by atoms with van der Waals surface area (Å²) in [6.45, 7) is 4.92. The molecular weight excluding hydrogens is 218 g/mol. The first-order valence-corrected chi connectivity index (χ1v) is 5.70. The molecule has 0 unspecified atom stereocenters. The van der Waals surface area contributed by atoms with E-state index in [0.29, 0.717) is 18.7 Å². The second-order valence-electron chi connectivity index (χ2n) is 4.72. The summed E-state index contributed by atoms with van der Waals surface area (Å²) >= 11 is 0. The average molecular weight is 239 g/mol. The molecule has 4 nitrogen and oxygen atoms in total. The van der Waals surface area contributed by atoms with Crippen molar-refractivity contribution in [1.29, 1.82) is 0 Å². The second kappa shape index (κ2) is 5.89. The number of rotatable bonds is 6. The van der Waals surface area contributed by atoms with Gasteiger partial charge in [0, 0.05) is 18.7 Å². The van der Waals surface area contributed by atoms with Gasteiger partial charge in [-0.2, -0.15) is 0 Å². The number of phenols is 1. The third kappa shape index (κ3) is 4.24. The van der Waals surface area contributed by atoms with Crippen LogP contribution in [0.5, 0.6) is 11.5 Å². The van der Waals surface area contributed by atoms with Crippen molar-refractivity contribution in [3.05, 3.63) is 23.8 Å². The van der Waals surface area contributed by atoms with Gasteiger partial charge in [-0.05, 0) is 38.0 Å². The van der Waals surface area contributed by atoms with Gasteiger partial charge >= 0.3 is 0 Å². The Hall–Kier alpha value is -1.26. The van der Waals surface area contributed by atoms with E-state index in [9.17, 15) is 5.11 Å². The molecule has 96 valence electrons. The third-order valence-corrected chi connectivity index (χ3v) is 2.75. The van der Waals surface area contributed by atoms with Gasteiger partial charge in [-0.3, -0.25) is 0 Å². The molecule has 0 spiro atoms. The molecule has 0 fully saturated rings. The lowest BCUT2D eigenvalue weighted by atomic mass is 10.0. The molecule has 0 saturated heterocycles. The molecule has 0 aliphatic heterocycles. The Labute approximate surface area is 102 Å². The smallest absolute Gasteiger partial charge is 0.160 e. The number of aromatic hydroxyl groups is 1. The number of hydrogen-bond acceptors (Lipinski definition) is 4. The summed E-state index contributed by atoms with van der Waals surface area (Å²) in [6, 6.07) is 5.27. The van der Waals surface area contributed by atoms with Crippen LogP contribution in [-0.2, 0) is 6.54 Å². The number of nitrogens with one attached hydrogen (secondary N) is 1. The Morgan fingerprint density at radius 1 is 1.35 bits per heavy atom. The number of hydrogen-bond donors (Lipinski definition) is 3. The van der Waals surface area contributed by atoms with Crippen LogP contribution in [0.15, 0.2) is 18.2 Å². The van der Waals surface area contributed by atoms with Crippen molar-refractivity contribution in [3.8, 4) is 11.5 Å². The highest BCUT2D eigenvalue weighted by Crippen LogP contribution is 2.26. The van der Waals surface area contributed by atoms with Gasteiger partial charge in [0.1, 0.15) is 0 Å². The normalized spacial score (nSPS) is 11.5. The zero-order valence-corrected chi connectivity index (χ0v) is 10.7. The first-order chi connectivity index (χ1) is 7.98. The summed E-state index contributed by atoms with van der Waals surface area (Å²) in [7, 11) is 1.53. The van der Waals surface area contributed by atoms with Crippen LogP contribution in [0.1, 0.15) is 25.8 Å². The Kier molecular flexibility index (Phi) is 4.78. The van der Waals surface area contributed by atoms with Crippen molar-refractivity contribution in [3.63, 3.8) is 0 Å². The molecule has 3 N–H and O–H groups in total. The van der Waals surface area contributed by atoms with Crippen LogP contribution >= 0.6 is 0 Å². The molecule has 0 amide bonds. The van der Waals surface area contributed by atoms with Crippen LogP contribution in [0.3, 0.4) is 0 Å². The molecule has 17 heavy (non-hydrogen) atoms. The first-order valence-electron chi connectivity index (χ1n) is 5.70. The fourth-order valence-corrected chi connectivity index (χ4v) is 1.54. The summed E-state index contributed by atoms with van der Waals surface area (Å²) < 4.78 is 5.05. The Balaban J connectivity index is 2.63. The Morgan fingerprint density at radius 2 is 2.06 bits per heavy atom. The maximum atomic E-state index is 9.47. The topological polar surface area (TPSA) is 61.7 Å². The highest BCUT2D eigenvalue weighted by Gasteiger charge is 2.15. The minimum absolute atomic E-state index is 0.111. The highest BCUT2D eigenvalue weighted by atomic mass is 16.5. The first kappa shape index (κ1) is 13.8. The quantitative estimate of drug-likeness (QED) is 0.706. The van der Waals surface area contributed by atoms with E-state index in [4.69, 9.17) is 9.84 Å². The average Bonchev–Trinajstić information content (AvgIpc) is 2.28. The number of methoxy groups -OCH3 is 1. The van der Waals surface area contributed by atoms with Crippen molar-refractivity contribution in [2.75, 3.05) is 13.7 Å². The van der Waals surface area contributed by atoms with E-state index in [1.165, 1.54) is 7.11 Å². The van der Waals surface area contributed by atoms with Gasteiger partial charge in [-0.15, -0.1) is 0 Å². The fourth-order valence-electron chi connectivity index (χ4n) is 1.54. The summed E-state index contributed by atoms with van der Waals surface area (Å²) in [5, 5.41) is 21.7. The van der Waals surface area contributed by atoms with Gasteiger partial charge in [0.05, 0.1) is 7.11 Å². The largest absolute Gasteiger partial charge is 0.504 e. The number of phenolic OH excluding ortho intramolecular Hbond substituents is 1. The van der Waals surface area contributed by atoms with Crippen LogP contribution in [-0.4, -0.2) is 29.5 Å². The summed E-state index contributed by atoms with van der Waals surface area (Å²) in [5.41, 5.74) is 0.922. The van der Waals surface area contributed by atoms with Gasteiger partial charge in [0.2, 0.25) is 0 Å². The monoisotopic (exact) mass is 239 g/mol. The lowest BCUT2D eigenvalue weighted by Gasteiger charge is -2.25. The minimum Gasteiger partial charge on any atom is -0.504 e. The van der Waals surface area contributed by atoms with Crippen LogP contribution in [0, 0.1) is 0 Å². The molecule has 0 saturated carbocycles. The highest BCUT2D eigenvalue weighted by molar-refractivity contribution is 5.41. The van der Waals surface area contributed by atoms with Gasteiger partial charge in [-0.1, -0.05) is 6.07 Å². The molecule has 0 aliphatic rings. The van der Waals surface area contributed by atoms with Crippen LogP contribution in [0.25, 0.3) is 0 Å². The van der Waals surface area contributed by atoms with Crippen molar-refractivity contribution in [2.45, 2.75) is 32.4 Å². The van der Waals surface area contributed by atoms with E-state index in [1.54, 1.807) is 12.1 Å². The predicted octanol–water partition coefficient (Wildman–Crippen LogP) is 1.65. The summed E-state index contributed by atoms with van der Waals surface area (Å²) in [5.74, 6) is 0.620. The molecule has 0 aliphatic carbocycles. The van der Waals surface area contributed by atoms with Crippen molar-refractivity contribution >= 4 is 0 Å². The number of aliphatic hydroxyl groups is 1. The molecule has 0 heterocycles. The van der Waals surface area contributed by atoms with Gasteiger partial charge < -0.3 is 20.3 Å². The number of ether oxygens (including phenoxy) is 1. The SMILES string of the molecule is COc1cc(CNC(C)(C)CCO)ccc1O. The van der Waals surface area contributed by atoms with E-state index in [2.05, 4.69) is 5.32 Å². The molecule has 0 bridgehead atoms. The van der Waals surface area contributed by atoms with Crippen molar-refractivity contribution < 1.29 is 14.9 Å². The Morgan fingerprint density at radius 3 is 2.65 bits per heavy atom. The molecule has 4 heteroatoms. The van der Waals surface area contributed by atoms with E-state index >= 15 is 0 Å². The third-order valence-electron chi connectivity index (χ3n) is 2.75. The van der Waals surface area contributed by atoms with E-state index in [0.717, 1.165) is 5.56 Å². The maximum absolute atomic E-state index is 9.47. The zero-order chi connectivity index (χ0) is 12.9. The fraction of sp³-hybridized carbons (Fsp3) is 0.538. The molecule has 0 radical (unpaired) electrons. The van der Waals surface area contributed by atoms with Crippen molar-refractivity contribution in [1.82, 2.24) is 5.32 Å². The Bertz CT molecular complexity index is 364. The number of aliphatic hydroxyl groups excluding tert-OH is 1. The van der Waals surface area contributed by atoms with Gasteiger partial charge in [0.25, 0.3) is 0 Å².